The lowest BCUT2D eigenvalue weighted by Gasteiger charge is -2.02. The fourth-order valence-electron chi connectivity index (χ4n) is 1.73. The van der Waals surface area contributed by atoms with E-state index in [0.717, 1.165) is 5.56 Å². The second-order valence-corrected chi connectivity index (χ2v) is 4.67. The van der Waals surface area contributed by atoms with Crippen molar-refractivity contribution in [2.75, 3.05) is 5.32 Å². The Hall–Kier alpha value is -2.43. The van der Waals surface area contributed by atoms with E-state index < -0.39 is 0 Å². The van der Waals surface area contributed by atoms with Crippen LogP contribution in [0.5, 0.6) is 0 Å². The van der Waals surface area contributed by atoms with Crippen molar-refractivity contribution in [2.24, 2.45) is 0 Å². The molecule has 0 saturated heterocycles. The number of carbonyl (C=O) groups excluding carboxylic acids is 2. The Kier molecular flexibility index (Phi) is 4.30. The van der Waals surface area contributed by atoms with E-state index >= 15 is 0 Å². The van der Waals surface area contributed by atoms with E-state index in [1.807, 2.05) is 19.1 Å². The van der Waals surface area contributed by atoms with Crippen LogP contribution >= 0.6 is 0 Å². The molecule has 1 amide bonds. The van der Waals surface area contributed by atoms with Crippen molar-refractivity contribution in [1.29, 1.82) is 0 Å². The number of rotatable bonds is 5. The Bertz CT molecular complexity index is 614. The third-order valence-corrected chi connectivity index (χ3v) is 2.84. The van der Waals surface area contributed by atoms with Gasteiger partial charge in [-0.15, -0.1) is 0 Å². The predicted octanol–water partition coefficient (Wildman–Crippen LogP) is 2.89. The average molecular weight is 272 g/mol. The first-order chi connectivity index (χ1) is 9.54. The Morgan fingerprint density at radius 2 is 1.85 bits per heavy atom. The number of aryl methyl sites for hydroxylation is 2. The van der Waals surface area contributed by atoms with Gasteiger partial charge in [-0.25, -0.2) is 0 Å². The fourth-order valence-corrected chi connectivity index (χ4v) is 1.73. The lowest BCUT2D eigenvalue weighted by molar-refractivity contribution is -0.116. The third kappa shape index (κ3) is 3.78. The smallest absolute Gasteiger partial charge is 0.231 e. The molecule has 0 bridgehead atoms. The van der Waals surface area contributed by atoms with Gasteiger partial charge in [0.2, 0.25) is 11.8 Å². The molecule has 2 rings (SSSR count). The number of anilines is 1. The molecule has 5 nitrogen and oxygen atoms in total. The third-order valence-electron chi connectivity index (χ3n) is 2.84. The van der Waals surface area contributed by atoms with Crippen molar-refractivity contribution in [3.63, 3.8) is 0 Å². The highest BCUT2D eigenvalue weighted by molar-refractivity contribution is 5.99. The molecule has 5 heteroatoms. The number of hydrogen-bond donors (Lipinski definition) is 1. The topological polar surface area (TPSA) is 72.2 Å². The van der Waals surface area contributed by atoms with Gasteiger partial charge in [0.1, 0.15) is 0 Å². The molecular formula is C15H16N2O3. The monoisotopic (exact) mass is 272 g/mol. The van der Waals surface area contributed by atoms with Crippen LogP contribution in [0.15, 0.2) is 34.9 Å². The molecule has 0 atom stereocenters. The molecule has 104 valence electrons. The molecule has 0 aliphatic carbocycles. The molecule has 1 aromatic heterocycles. The maximum atomic E-state index is 11.9. The minimum absolute atomic E-state index is 0.0473. The van der Waals surface area contributed by atoms with Gasteiger partial charge in [-0.3, -0.25) is 14.9 Å². The number of carbonyl (C=O) groups is 2. The van der Waals surface area contributed by atoms with E-state index in [0.29, 0.717) is 17.1 Å². The van der Waals surface area contributed by atoms with E-state index in [1.54, 1.807) is 25.1 Å². The Balaban J connectivity index is 1.84. The summed E-state index contributed by atoms with van der Waals surface area (Å²) in [6, 6.07) is 8.93. The van der Waals surface area contributed by atoms with Crippen LogP contribution < -0.4 is 5.32 Å². The van der Waals surface area contributed by atoms with Gasteiger partial charge in [0.15, 0.2) is 5.78 Å². The molecule has 0 aliphatic rings. The Labute approximate surface area is 117 Å². The van der Waals surface area contributed by atoms with Crippen molar-refractivity contribution in [1.82, 2.24) is 5.16 Å². The molecule has 0 aliphatic heterocycles. The summed E-state index contributed by atoms with van der Waals surface area (Å²) in [6.45, 7) is 3.72. The molecule has 0 unspecified atom stereocenters. The van der Waals surface area contributed by atoms with E-state index in [-0.39, 0.29) is 24.5 Å². The predicted molar refractivity (Wildman–Crippen MR) is 74.6 cm³/mol. The molecule has 0 spiro atoms. The molecule has 0 saturated carbocycles. The molecular weight excluding hydrogens is 256 g/mol. The lowest BCUT2D eigenvalue weighted by Crippen LogP contribution is -2.13. The van der Waals surface area contributed by atoms with Crippen LogP contribution in [0.25, 0.3) is 0 Å². The second-order valence-electron chi connectivity index (χ2n) is 4.67. The zero-order valence-corrected chi connectivity index (χ0v) is 11.5. The standard InChI is InChI=1S/C15H16N2O3/c1-10-3-5-12(6-4-10)13(18)7-8-14(19)16-15-9-11(2)17-20-15/h3-6,9H,7-8H2,1-2H3,(H,16,19). The number of nitrogens with zero attached hydrogens (tertiary/aromatic N) is 1. The van der Waals surface area contributed by atoms with Gasteiger partial charge >= 0.3 is 0 Å². The summed E-state index contributed by atoms with van der Waals surface area (Å²) in [6.07, 6.45) is 0.286. The number of aromatic nitrogens is 1. The van der Waals surface area contributed by atoms with E-state index in [9.17, 15) is 9.59 Å². The van der Waals surface area contributed by atoms with Crippen molar-refractivity contribution < 1.29 is 14.1 Å². The SMILES string of the molecule is Cc1ccc(C(=O)CCC(=O)Nc2cc(C)no2)cc1. The van der Waals surface area contributed by atoms with Gasteiger partial charge in [-0.2, -0.15) is 0 Å². The minimum Gasteiger partial charge on any atom is -0.338 e. The Morgan fingerprint density at radius 1 is 1.15 bits per heavy atom. The zero-order chi connectivity index (χ0) is 14.5. The number of ketones is 1. The largest absolute Gasteiger partial charge is 0.338 e. The second kappa shape index (κ2) is 6.14. The van der Waals surface area contributed by atoms with Crippen LogP contribution in [0.1, 0.15) is 34.5 Å². The molecule has 0 fully saturated rings. The van der Waals surface area contributed by atoms with E-state index in [2.05, 4.69) is 10.5 Å². The maximum absolute atomic E-state index is 11.9. The summed E-state index contributed by atoms with van der Waals surface area (Å²) in [7, 11) is 0. The maximum Gasteiger partial charge on any atom is 0.231 e. The first kappa shape index (κ1) is 14.0. The Morgan fingerprint density at radius 3 is 2.45 bits per heavy atom. The number of amides is 1. The number of benzene rings is 1. The van der Waals surface area contributed by atoms with Gasteiger partial charge in [0, 0.05) is 24.5 Å². The molecule has 1 aromatic carbocycles. The number of hydrogen-bond acceptors (Lipinski definition) is 4. The van der Waals surface area contributed by atoms with Crippen molar-refractivity contribution in [3.05, 3.63) is 47.2 Å². The first-order valence-electron chi connectivity index (χ1n) is 6.37. The van der Waals surface area contributed by atoms with Crippen molar-refractivity contribution in [3.8, 4) is 0 Å². The van der Waals surface area contributed by atoms with Gasteiger partial charge in [0.05, 0.1) is 5.69 Å². The van der Waals surface area contributed by atoms with Crippen LogP contribution in [-0.4, -0.2) is 16.8 Å². The number of Topliss-reactive ketones (excluding diaryl/α,β-unsaturated/α-hetero) is 1. The van der Waals surface area contributed by atoms with Crippen LogP contribution in [0.4, 0.5) is 5.88 Å². The van der Waals surface area contributed by atoms with Crippen molar-refractivity contribution >= 4 is 17.6 Å². The minimum atomic E-state index is -0.262. The van der Waals surface area contributed by atoms with E-state index in [1.165, 1.54) is 0 Å². The quantitative estimate of drug-likeness (QED) is 0.849. The first-order valence-corrected chi connectivity index (χ1v) is 6.37. The normalized spacial score (nSPS) is 10.3. The fraction of sp³-hybridized carbons (Fsp3) is 0.267. The summed E-state index contributed by atoms with van der Waals surface area (Å²) in [5.74, 6) is -0.00852. The van der Waals surface area contributed by atoms with Crippen LogP contribution in [0.3, 0.4) is 0 Å². The van der Waals surface area contributed by atoms with Crippen LogP contribution in [-0.2, 0) is 4.79 Å². The number of nitrogens with one attached hydrogen (secondary N) is 1. The van der Waals surface area contributed by atoms with Gasteiger partial charge < -0.3 is 4.52 Å². The summed E-state index contributed by atoms with van der Waals surface area (Å²) >= 11 is 0. The van der Waals surface area contributed by atoms with E-state index in [4.69, 9.17) is 4.52 Å². The molecule has 2 aromatic rings. The van der Waals surface area contributed by atoms with Gasteiger partial charge in [0.25, 0.3) is 0 Å². The highest BCUT2D eigenvalue weighted by Gasteiger charge is 2.11. The summed E-state index contributed by atoms with van der Waals surface area (Å²) in [5, 5.41) is 6.22. The van der Waals surface area contributed by atoms with Gasteiger partial charge in [-0.1, -0.05) is 35.0 Å². The lowest BCUT2D eigenvalue weighted by atomic mass is 10.1. The van der Waals surface area contributed by atoms with Crippen molar-refractivity contribution in [2.45, 2.75) is 26.7 Å². The van der Waals surface area contributed by atoms with Gasteiger partial charge in [-0.05, 0) is 13.8 Å². The molecule has 0 radical (unpaired) electrons. The highest BCUT2D eigenvalue weighted by Crippen LogP contribution is 2.11. The molecule has 20 heavy (non-hydrogen) atoms. The molecule has 1 N–H and O–H groups in total. The van der Waals surface area contributed by atoms with Crippen LogP contribution in [0.2, 0.25) is 0 Å². The summed E-state index contributed by atoms with van der Waals surface area (Å²) < 4.78 is 4.87. The highest BCUT2D eigenvalue weighted by atomic mass is 16.5. The summed E-state index contributed by atoms with van der Waals surface area (Å²) in [5.41, 5.74) is 2.41. The zero-order valence-electron chi connectivity index (χ0n) is 11.5. The summed E-state index contributed by atoms with van der Waals surface area (Å²) in [4.78, 5) is 23.6. The average Bonchev–Trinajstić information content (AvgIpc) is 2.82. The molecule has 1 heterocycles. The van der Waals surface area contributed by atoms with Crippen LogP contribution in [0, 0.1) is 13.8 Å².